The number of hydrogen-bond acceptors (Lipinski definition) is 3. The number of aryl methyl sites for hydroxylation is 1. The highest BCUT2D eigenvalue weighted by Crippen LogP contribution is 2.22. The zero-order chi connectivity index (χ0) is 14.7. The van der Waals surface area contributed by atoms with Crippen LogP contribution >= 0.6 is 0 Å². The molecule has 1 heterocycles. The lowest BCUT2D eigenvalue weighted by atomic mass is 10.00. The van der Waals surface area contributed by atoms with Crippen molar-refractivity contribution in [1.29, 1.82) is 0 Å². The molecular weight excluding hydrogens is 250 g/mol. The minimum atomic E-state index is 0.473. The lowest BCUT2D eigenvalue weighted by molar-refractivity contribution is 0.414. The Bertz CT molecular complexity index is 572. The maximum atomic E-state index is 5.73. The molecule has 0 aliphatic carbocycles. The van der Waals surface area contributed by atoms with Crippen molar-refractivity contribution in [3.8, 4) is 11.4 Å². The van der Waals surface area contributed by atoms with Crippen LogP contribution in [-0.2, 0) is 6.42 Å². The molecule has 0 bridgehead atoms. The molecule has 0 spiro atoms. The first-order chi connectivity index (χ1) is 9.56. The first-order valence-corrected chi connectivity index (χ1v) is 6.96. The molecule has 4 heteroatoms. The molecule has 2 N–H and O–H groups in total. The smallest absolute Gasteiger partial charge is 0.119 e. The number of hydrogen-bond donors (Lipinski definition) is 1. The molecular formula is C16H23N3O. The Labute approximate surface area is 120 Å². The highest BCUT2D eigenvalue weighted by molar-refractivity contribution is 5.40. The zero-order valence-electron chi connectivity index (χ0n) is 12.7. The molecule has 0 aliphatic rings. The second kappa shape index (κ2) is 6.09. The molecule has 0 saturated heterocycles. The van der Waals surface area contributed by atoms with Crippen LogP contribution in [0.5, 0.6) is 5.75 Å². The van der Waals surface area contributed by atoms with E-state index in [4.69, 9.17) is 10.5 Å². The van der Waals surface area contributed by atoms with Gasteiger partial charge in [0.2, 0.25) is 0 Å². The van der Waals surface area contributed by atoms with E-state index in [0.29, 0.717) is 12.5 Å². The summed E-state index contributed by atoms with van der Waals surface area (Å²) in [5.74, 6) is 1.33. The van der Waals surface area contributed by atoms with Gasteiger partial charge in [0.15, 0.2) is 0 Å². The van der Waals surface area contributed by atoms with E-state index in [1.807, 2.05) is 28.9 Å². The molecule has 20 heavy (non-hydrogen) atoms. The molecule has 4 nitrogen and oxygen atoms in total. The van der Waals surface area contributed by atoms with Gasteiger partial charge in [-0.25, -0.2) is 4.68 Å². The van der Waals surface area contributed by atoms with Crippen molar-refractivity contribution in [2.45, 2.75) is 27.2 Å². The van der Waals surface area contributed by atoms with Crippen molar-refractivity contribution >= 4 is 0 Å². The maximum absolute atomic E-state index is 5.73. The Morgan fingerprint density at radius 3 is 2.45 bits per heavy atom. The Morgan fingerprint density at radius 1 is 1.25 bits per heavy atom. The summed E-state index contributed by atoms with van der Waals surface area (Å²) in [5.41, 5.74) is 10.4. The molecule has 0 radical (unpaired) electrons. The van der Waals surface area contributed by atoms with E-state index < -0.39 is 0 Å². The molecule has 0 saturated carbocycles. The SMILES string of the molecule is COc1ccc(-n2nc(C)c(CC(C)CN)c2C)cc1. The van der Waals surface area contributed by atoms with Crippen LogP contribution in [0.15, 0.2) is 24.3 Å². The number of nitrogens with two attached hydrogens (primary N) is 1. The van der Waals surface area contributed by atoms with E-state index in [2.05, 4.69) is 25.9 Å². The summed E-state index contributed by atoms with van der Waals surface area (Å²) < 4.78 is 7.18. The van der Waals surface area contributed by atoms with E-state index in [1.54, 1.807) is 7.11 Å². The molecule has 0 fully saturated rings. The normalized spacial score (nSPS) is 12.4. The van der Waals surface area contributed by atoms with Gasteiger partial charge in [0, 0.05) is 5.69 Å². The van der Waals surface area contributed by atoms with Crippen LogP contribution in [0, 0.1) is 19.8 Å². The fourth-order valence-electron chi connectivity index (χ4n) is 2.38. The van der Waals surface area contributed by atoms with E-state index >= 15 is 0 Å². The Morgan fingerprint density at radius 2 is 1.90 bits per heavy atom. The third-order valence-corrected chi connectivity index (χ3v) is 3.71. The fourth-order valence-corrected chi connectivity index (χ4v) is 2.38. The molecule has 108 valence electrons. The average Bonchev–Trinajstić information content (AvgIpc) is 2.75. The third-order valence-electron chi connectivity index (χ3n) is 3.71. The number of rotatable bonds is 5. The second-order valence-corrected chi connectivity index (χ2v) is 5.30. The van der Waals surface area contributed by atoms with Crippen LogP contribution in [-0.4, -0.2) is 23.4 Å². The predicted molar refractivity (Wildman–Crippen MR) is 81.5 cm³/mol. The van der Waals surface area contributed by atoms with Crippen molar-refractivity contribution in [3.63, 3.8) is 0 Å². The average molecular weight is 273 g/mol. The standard InChI is InChI=1S/C16H23N3O/c1-11(10-17)9-16-12(2)18-19(13(16)3)14-5-7-15(20-4)8-6-14/h5-8,11H,9-10,17H2,1-4H3. The topological polar surface area (TPSA) is 53.1 Å². The summed E-state index contributed by atoms with van der Waals surface area (Å²) in [7, 11) is 1.67. The summed E-state index contributed by atoms with van der Waals surface area (Å²) in [6.45, 7) is 7.05. The van der Waals surface area contributed by atoms with Crippen LogP contribution in [0.25, 0.3) is 5.69 Å². The summed E-state index contributed by atoms with van der Waals surface area (Å²) in [6.07, 6.45) is 0.977. The summed E-state index contributed by atoms with van der Waals surface area (Å²) in [5, 5.41) is 4.66. The van der Waals surface area contributed by atoms with E-state index in [-0.39, 0.29) is 0 Å². The van der Waals surface area contributed by atoms with Crippen LogP contribution in [0.3, 0.4) is 0 Å². The van der Waals surface area contributed by atoms with E-state index in [0.717, 1.165) is 23.6 Å². The maximum Gasteiger partial charge on any atom is 0.119 e. The van der Waals surface area contributed by atoms with Crippen LogP contribution in [0.4, 0.5) is 0 Å². The van der Waals surface area contributed by atoms with Gasteiger partial charge in [-0.2, -0.15) is 5.10 Å². The van der Waals surface area contributed by atoms with Gasteiger partial charge in [-0.05, 0) is 62.6 Å². The highest BCUT2D eigenvalue weighted by Gasteiger charge is 2.14. The van der Waals surface area contributed by atoms with Gasteiger partial charge in [0.25, 0.3) is 0 Å². The quantitative estimate of drug-likeness (QED) is 0.911. The number of benzene rings is 1. The van der Waals surface area contributed by atoms with E-state index in [9.17, 15) is 0 Å². The summed E-state index contributed by atoms with van der Waals surface area (Å²) in [6, 6.07) is 7.95. The Kier molecular flexibility index (Phi) is 4.45. The third kappa shape index (κ3) is 2.85. The van der Waals surface area contributed by atoms with Crippen LogP contribution in [0.2, 0.25) is 0 Å². The van der Waals surface area contributed by atoms with Gasteiger partial charge in [-0.1, -0.05) is 6.92 Å². The van der Waals surface area contributed by atoms with Gasteiger partial charge in [-0.15, -0.1) is 0 Å². The van der Waals surface area contributed by atoms with Gasteiger partial charge >= 0.3 is 0 Å². The van der Waals surface area contributed by atoms with Crippen LogP contribution < -0.4 is 10.5 Å². The molecule has 1 atom stereocenters. The molecule has 0 aliphatic heterocycles. The molecule has 2 aromatic rings. The minimum Gasteiger partial charge on any atom is -0.497 e. The summed E-state index contributed by atoms with van der Waals surface area (Å²) in [4.78, 5) is 0. The fraction of sp³-hybridized carbons (Fsp3) is 0.438. The zero-order valence-corrected chi connectivity index (χ0v) is 12.7. The first-order valence-electron chi connectivity index (χ1n) is 6.96. The van der Waals surface area contributed by atoms with Gasteiger partial charge < -0.3 is 10.5 Å². The lowest BCUT2D eigenvalue weighted by Gasteiger charge is -2.09. The monoisotopic (exact) mass is 273 g/mol. The number of ether oxygens (including phenoxy) is 1. The summed E-state index contributed by atoms with van der Waals surface area (Å²) >= 11 is 0. The number of aromatic nitrogens is 2. The predicted octanol–water partition coefficient (Wildman–Crippen LogP) is 2.64. The first kappa shape index (κ1) is 14.6. The Balaban J connectivity index is 2.35. The minimum absolute atomic E-state index is 0.473. The van der Waals surface area contributed by atoms with Crippen molar-refractivity contribution in [2.75, 3.05) is 13.7 Å². The Hall–Kier alpha value is -1.81. The largest absolute Gasteiger partial charge is 0.497 e. The molecule has 1 unspecified atom stereocenters. The molecule has 2 rings (SSSR count). The highest BCUT2D eigenvalue weighted by atomic mass is 16.5. The lowest BCUT2D eigenvalue weighted by Crippen LogP contribution is -2.14. The van der Waals surface area contributed by atoms with E-state index in [1.165, 1.54) is 11.3 Å². The molecule has 1 aromatic heterocycles. The van der Waals surface area contributed by atoms with Crippen molar-refractivity contribution in [3.05, 3.63) is 41.2 Å². The van der Waals surface area contributed by atoms with Gasteiger partial charge in [-0.3, -0.25) is 0 Å². The van der Waals surface area contributed by atoms with Gasteiger partial charge in [0.1, 0.15) is 5.75 Å². The van der Waals surface area contributed by atoms with Crippen molar-refractivity contribution < 1.29 is 4.74 Å². The number of nitrogens with zero attached hydrogens (tertiary/aromatic N) is 2. The van der Waals surface area contributed by atoms with Crippen molar-refractivity contribution in [1.82, 2.24) is 9.78 Å². The van der Waals surface area contributed by atoms with Crippen molar-refractivity contribution in [2.24, 2.45) is 11.7 Å². The second-order valence-electron chi connectivity index (χ2n) is 5.30. The van der Waals surface area contributed by atoms with Crippen LogP contribution in [0.1, 0.15) is 23.9 Å². The van der Waals surface area contributed by atoms with Gasteiger partial charge in [0.05, 0.1) is 18.5 Å². The number of methoxy groups -OCH3 is 1. The molecule has 0 amide bonds. The molecule has 1 aromatic carbocycles.